The van der Waals surface area contributed by atoms with Crippen LogP contribution in [-0.2, 0) is 6.42 Å². The third-order valence-electron chi connectivity index (χ3n) is 2.97. The highest BCUT2D eigenvalue weighted by Crippen LogP contribution is 2.28. The van der Waals surface area contributed by atoms with Crippen molar-refractivity contribution in [3.8, 4) is 0 Å². The first kappa shape index (κ1) is 14.3. The Morgan fingerprint density at radius 1 is 1.32 bits per heavy atom. The summed E-state index contributed by atoms with van der Waals surface area (Å²) in [5, 5.41) is 3.38. The molecule has 0 radical (unpaired) electrons. The van der Waals surface area contributed by atoms with Gasteiger partial charge in [-0.3, -0.25) is 0 Å². The van der Waals surface area contributed by atoms with Crippen LogP contribution in [0.15, 0.2) is 45.5 Å². The summed E-state index contributed by atoms with van der Waals surface area (Å²) in [5.74, 6) is 0.651. The number of rotatable bonds is 6. The van der Waals surface area contributed by atoms with Crippen LogP contribution in [0.5, 0.6) is 0 Å². The summed E-state index contributed by atoms with van der Waals surface area (Å²) in [7, 11) is 0. The van der Waals surface area contributed by atoms with Gasteiger partial charge in [0, 0.05) is 22.5 Å². The monoisotopic (exact) mass is 325 g/mol. The Kier molecular flexibility index (Phi) is 5.16. The van der Waals surface area contributed by atoms with E-state index in [9.17, 15) is 4.39 Å². The van der Waals surface area contributed by atoms with Crippen molar-refractivity contribution in [2.45, 2.75) is 25.8 Å². The molecule has 2 aromatic rings. The second-order valence-corrected chi connectivity index (χ2v) is 5.28. The van der Waals surface area contributed by atoms with E-state index >= 15 is 0 Å². The molecule has 1 N–H and O–H groups in total. The standard InChI is InChI=1S/C15H17BrFNO/c1-2-8-18-14(10-11-5-4-9-19-11)15-12(16)6-3-7-13(15)17/h3-7,9,14,18H,2,8,10H2,1H3. The zero-order valence-electron chi connectivity index (χ0n) is 10.8. The van der Waals surface area contributed by atoms with Crippen molar-refractivity contribution < 1.29 is 8.81 Å². The van der Waals surface area contributed by atoms with Crippen LogP contribution in [0.1, 0.15) is 30.7 Å². The van der Waals surface area contributed by atoms with Crippen LogP contribution in [0.2, 0.25) is 0 Å². The molecule has 19 heavy (non-hydrogen) atoms. The van der Waals surface area contributed by atoms with Crippen LogP contribution < -0.4 is 5.32 Å². The topological polar surface area (TPSA) is 25.2 Å². The number of nitrogens with one attached hydrogen (secondary N) is 1. The van der Waals surface area contributed by atoms with Crippen molar-refractivity contribution in [1.82, 2.24) is 5.32 Å². The van der Waals surface area contributed by atoms with Crippen molar-refractivity contribution in [2.75, 3.05) is 6.54 Å². The Hall–Kier alpha value is -1.13. The smallest absolute Gasteiger partial charge is 0.129 e. The second-order valence-electron chi connectivity index (χ2n) is 4.43. The summed E-state index contributed by atoms with van der Waals surface area (Å²) >= 11 is 3.43. The van der Waals surface area contributed by atoms with E-state index < -0.39 is 0 Å². The van der Waals surface area contributed by atoms with Gasteiger partial charge >= 0.3 is 0 Å². The maximum atomic E-state index is 14.1. The minimum atomic E-state index is -0.200. The van der Waals surface area contributed by atoms with Crippen molar-refractivity contribution in [2.24, 2.45) is 0 Å². The molecule has 1 unspecified atom stereocenters. The molecule has 0 saturated heterocycles. The average molecular weight is 326 g/mol. The van der Waals surface area contributed by atoms with Crippen molar-refractivity contribution in [3.05, 3.63) is 58.2 Å². The van der Waals surface area contributed by atoms with Crippen LogP contribution in [-0.4, -0.2) is 6.54 Å². The van der Waals surface area contributed by atoms with E-state index in [0.717, 1.165) is 23.2 Å². The lowest BCUT2D eigenvalue weighted by Gasteiger charge is -2.20. The zero-order valence-corrected chi connectivity index (χ0v) is 12.4. The van der Waals surface area contributed by atoms with E-state index in [2.05, 4.69) is 28.2 Å². The van der Waals surface area contributed by atoms with E-state index in [1.54, 1.807) is 12.3 Å². The van der Waals surface area contributed by atoms with Crippen molar-refractivity contribution in [1.29, 1.82) is 0 Å². The number of halogens is 2. The third-order valence-corrected chi connectivity index (χ3v) is 3.67. The van der Waals surface area contributed by atoms with Gasteiger partial charge in [-0.05, 0) is 37.2 Å². The molecule has 1 aromatic carbocycles. The molecule has 2 nitrogen and oxygen atoms in total. The molecule has 1 atom stereocenters. The summed E-state index contributed by atoms with van der Waals surface area (Å²) in [4.78, 5) is 0. The minimum Gasteiger partial charge on any atom is -0.469 e. The first-order chi connectivity index (χ1) is 9.22. The molecule has 0 aliphatic heterocycles. The predicted molar refractivity (Wildman–Crippen MR) is 77.5 cm³/mol. The molecule has 0 saturated carbocycles. The molecule has 0 spiro atoms. The molecule has 0 fully saturated rings. The molecule has 0 amide bonds. The largest absolute Gasteiger partial charge is 0.469 e. The van der Waals surface area contributed by atoms with Gasteiger partial charge in [0.2, 0.25) is 0 Å². The van der Waals surface area contributed by atoms with E-state index in [1.165, 1.54) is 6.07 Å². The molecular formula is C15H17BrFNO. The summed E-state index contributed by atoms with van der Waals surface area (Å²) < 4.78 is 20.2. The van der Waals surface area contributed by atoms with E-state index in [0.29, 0.717) is 12.0 Å². The lowest BCUT2D eigenvalue weighted by atomic mass is 10.0. The quantitative estimate of drug-likeness (QED) is 0.847. The Bertz CT molecular complexity index is 493. The lowest BCUT2D eigenvalue weighted by molar-refractivity contribution is 0.437. The van der Waals surface area contributed by atoms with Gasteiger partial charge in [-0.1, -0.05) is 28.9 Å². The van der Waals surface area contributed by atoms with Gasteiger partial charge in [-0.25, -0.2) is 4.39 Å². The molecule has 0 aliphatic rings. The summed E-state index contributed by atoms with van der Waals surface area (Å²) in [5.41, 5.74) is 0.660. The molecule has 4 heteroatoms. The third kappa shape index (κ3) is 3.67. The number of hydrogen-bond acceptors (Lipinski definition) is 2. The fourth-order valence-corrected chi connectivity index (χ4v) is 2.69. The molecule has 0 bridgehead atoms. The maximum absolute atomic E-state index is 14.1. The fraction of sp³-hybridized carbons (Fsp3) is 0.333. The zero-order chi connectivity index (χ0) is 13.7. The lowest BCUT2D eigenvalue weighted by Crippen LogP contribution is -2.25. The van der Waals surface area contributed by atoms with Gasteiger partial charge in [-0.15, -0.1) is 0 Å². The molecule has 1 aromatic heterocycles. The van der Waals surface area contributed by atoms with E-state index in [-0.39, 0.29) is 11.9 Å². The summed E-state index contributed by atoms with van der Waals surface area (Å²) in [6, 6.07) is 8.72. The van der Waals surface area contributed by atoms with Crippen molar-refractivity contribution in [3.63, 3.8) is 0 Å². The van der Waals surface area contributed by atoms with E-state index in [4.69, 9.17) is 4.42 Å². The van der Waals surface area contributed by atoms with Gasteiger partial charge in [0.15, 0.2) is 0 Å². The molecular weight excluding hydrogens is 309 g/mol. The SMILES string of the molecule is CCCNC(Cc1ccco1)c1c(F)cccc1Br. The normalized spacial score (nSPS) is 12.6. The maximum Gasteiger partial charge on any atom is 0.129 e. The van der Waals surface area contributed by atoms with E-state index in [1.807, 2.05) is 18.2 Å². The molecule has 1 heterocycles. The molecule has 0 aliphatic carbocycles. The minimum absolute atomic E-state index is 0.0957. The van der Waals surface area contributed by atoms with Crippen LogP contribution in [0.3, 0.4) is 0 Å². The second kappa shape index (κ2) is 6.87. The first-order valence-electron chi connectivity index (χ1n) is 6.42. The van der Waals surface area contributed by atoms with Gasteiger partial charge < -0.3 is 9.73 Å². The molecule has 102 valence electrons. The van der Waals surface area contributed by atoms with Gasteiger partial charge in [0.1, 0.15) is 11.6 Å². The summed E-state index contributed by atoms with van der Waals surface area (Å²) in [6.07, 6.45) is 3.27. The Morgan fingerprint density at radius 3 is 2.79 bits per heavy atom. The predicted octanol–water partition coefficient (Wildman–Crippen LogP) is 4.46. The highest BCUT2D eigenvalue weighted by atomic mass is 79.9. The highest BCUT2D eigenvalue weighted by Gasteiger charge is 2.19. The van der Waals surface area contributed by atoms with Gasteiger partial charge in [0.05, 0.1) is 6.26 Å². The van der Waals surface area contributed by atoms with Crippen LogP contribution in [0.4, 0.5) is 4.39 Å². The van der Waals surface area contributed by atoms with Crippen LogP contribution in [0, 0.1) is 5.82 Å². The number of benzene rings is 1. The highest BCUT2D eigenvalue weighted by molar-refractivity contribution is 9.10. The Labute approximate surface area is 121 Å². The Morgan fingerprint density at radius 2 is 2.16 bits per heavy atom. The first-order valence-corrected chi connectivity index (χ1v) is 7.21. The van der Waals surface area contributed by atoms with Crippen LogP contribution in [0.25, 0.3) is 0 Å². The average Bonchev–Trinajstić information content (AvgIpc) is 2.88. The fourth-order valence-electron chi connectivity index (χ4n) is 2.07. The molecule has 2 rings (SSSR count). The van der Waals surface area contributed by atoms with Crippen LogP contribution >= 0.6 is 15.9 Å². The summed E-state index contributed by atoms with van der Waals surface area (Å²) in [6.45, 7) is 2.93. The number of hydrogen-bond donors (Lipinski definition) is 1. The van der Waals surface area contributed by atoms with Crippen molar-refractivity contribution >= 4 is 15.9 Å². The Balaban J connectivity index is 2.26. The number of furan rings is 1. The van der Waals surface area contributed by atoms with Gasteiger partial charge in [0.25, 0.3) is 0 Å². The van der Waals surface area contributed by atoms with Gasteiger partial charge in [-0.2, -0.15) is 0 Å².